The fourth-order valence-corrected chi connectivity index (χ4v) is 3.06. The Morgan fingerprint density at radius 2 is 2.23 bits per heavy atom. The smallest absolute Gasteiger partial charge is 0.343 e. The van der Waals surface area contributed by atoms with E-state index in [9.17, 15) is 18.0 Å². The summed E-state index contributed by atoms with van der Waals surface area (Å²) < 4.78 is 42.9. The van der Waals surface area contributed by atoms with Gasteiger partial charge in [-0.15, -0.1) is 0 Å². The molecule has 6 nitrogen and oxygen atoms in total. The number of aromatic nitrogens is 2. The van der Waals surface area contributed by atoms with Crippen LogP contribution in [0.5, 0.6) is 0 Å². The number of urea groups is 1. The van der Waals surface area contributed by atoms with Crippen molar-refractivity contribution in [2.45, 2.75) is 31.4 Å². The molecule has 3 rings (SSSR count). The monoisotopic (exact) mass is 368 g/mol. The van der Waals surface area contributed by atoms with Gasteiger partial charge < -0.3 is 14.7 Å². The van der Waals surface area contributed by atoms with Crippen molar-refractivity contribution < 1.29 is 22.5 Å². The number of hydrogen-bond donors (Lipinski definition) is 1. The first-order valence-corrected chi connectivity index (χ1v) is 8.38. The molecule has 1 aromatic carbocycles. The molecule has 0 spiro atoms. The summed E-state index contributed by atoms with van der Waals surface area (Å²) in [6.07, 6.45) is -1.05. The Bertz CT molecular complexity index is 734. The molecule has 1 unspecified atom stereocenters. The molecule has 2 aromatic rings. The molecule has 26 heavy (non-hydrogen) atoms. The van der Waals surface area contributed by atoms with Gasteiger partial charge in [0.15, 0.2) is 5.82 Å². The third kappa shape index (κ3) is 4.53. The van der Waals surface area contributed by atoms with Crippen molar-refractivity contribution in [1.82, 2.24) is 20.4 Å². The van der Waals surface area contributed by atoms with E-state index in [0.717, 1.165) is 25.0 Å². The Kier molecular flexibility index (Phi) is 5.43. The van der Waals surface area contributed by atoms with Crippen LogP contribution < -0.4 is 5.32 Å². The summed E-state index contributed by atoms with van der Waals surface area (Å²) in [5.74, 6) is 0.628. The van der Waals surface area contributed by atoms with Gasteiger partial charge >= 0.3 is 12.2 Å². The molecule has 1 atom stereocenters. The molecule has 140 valence electrons. The molecular formula is C17H19F3N4O2. The van der Waals surface area contributed by atoms with Crippen LogP contribution in [0.2, 0.25) is 0 Å². The Hall–Kier alpha value is -2.58. The summed E-state index contributed by atoms with van der Waals surface area (Å²) in [6, 6.07) is 4.91. The predicted molar refractivity (Wildman–Crippen MR) is 86.4 cm³/mol. The molecule has 1 aliphatic rings. The summed E-state index contributed by atoms with van der Waals surface area (Å²) in [7, 11) is 0. The van der Waals surface area contributed by atoms with Gasteiger partial charge in [0, 0.05) is 25.6 Å². The van der Waals surface area contributed by atoms with Gasteiger partial charge in [0.2, 0.25) is 6.39 Å². The Labute approximate surface area is 148 Å². The Morgan fingerprint density at radius 1 is 1.38 bits per heavy atom. The number of amides is 2. The molecule has 9 heteroatoms. The molecule has 1 N–H and O–H groups in total. The van der Waals surface area contributed by atoms with Crippen LogP contribution in [0.15, 0.2) is 35.2 Å². The van der Waals surface area contributed by atoms with Gasteiger partial charge in [0.25, 0.3) is 0 Å². The molecule has 2 heterocycles. The highest BCUT2D eigenvalue weighted by molar-refractivity contribution is 5.74. The van der Waals surface area contributed by atoms with Crippen LogP contribution in [-0.2, 0) is 12.6 Å². The van der Waals surface area contributed by atoms with Crippen LogP contribution in [0.4, 0.5) is 18.0 Å². The number of halogens is 3. The van der Waals surface area contributed by atoms with E-state index < -0.39 is 11.7 Å². The van der Waals surface area contributed by atoms with E-state index in [1.807, 2.05) is 0 Å². The number of likely N-dealkylation sites (tertiary alicyclic amines) is 1. The minimum absolute atomic E-state index is 0.0386. The topological polar surface area (TPSA) is 71.3 Å². The second-order valence-electron chi connectivity index (χ2n) is 6.25. The minimum atomic E-state index is -4.36. The first kappa shape index (κ1) is 18.2. The maximum absolute atomic E-state index is 12.7. The van der Waals surface area contributed by atoms with Crippen molar-refractivity contribution in [2.24, 2.45) is 0 Å². The summed E-state index contributed by atoms with van der Waals surface area (Å²) in [6.45, 7) is 1.39. The maximum Gasteiger partial charge on any atom is 0.416 e. The van der Waals surface area contributed by atoms with Crippen molar-refractivity contribution in [1.29, 1.82) is 0 Å². The van der Waals surface area contributed by atoms with E-state index in [-0.39, 0.29) is 18.5 Å². The molecule has 2 amide bonds. The van der Waals surface area contributed by atoms with Gasteiger partial charge in [0.05, 0.1) is 5.56 Å². The number of rotatable bonds is 4. The van der Waals surface area contributed by atoms with Gasteiger partial charge in [-0.1, -0.05) is 23.4 Å². The van der Waals surface area contributed by atoms with Gasteiger partial charge in [-0.2, -0.15) is 18.2 Å². The zero-order valence-corrected chi connectivity index (χ0v) is 14.0. The summed E-state index contributed by atoms with van der Waals surface area (Å²) in [4.78, 5) is 18.0. The summed E-state index contributed by atoms with van der Waals surface area (Å²) in [5.41, 5.74) is -0.149. The van der Waals surface area contributed by atoms with Crippen LogP contribution in [0.3, 0.4) is 0 Å². The number of alkyl halides is 3. The van der Waals surface area contributed by atoms with E-state index in [4.69, 9.17) is 4.52 Å². The average molecular weight is 368 g/mol. The van der Waals surface area contributed by atoms with Gasteiger partial charge in [0.1, 0.15) is 0 Å². The highest BCUT2D eigenvalue weighted by atomic mass is 19.4. The minimum Gasteiger partial charge on any atom is -0.343 e. The highest BCUT2D eigenvalue weighted by Crippen LogP contribution is 2.29. The lowest BCUT2D eigenvalue weighted by molar-refractivity contribution is -0.137. The van der Waals surface area contributed by atoms with E-state index in [1.165, 1.54) is 12.5 Å². The SMILES string of the molecule is O=C(NCCc1cccc(C(F)(F)F)c1)N1CCCC(c2ncon2)C1. The van der Waals surface area contributed by atoms with Crippen LogP contribution in [0, 0.1) is 0 Å². The molecule has 1 saturated heterocycles. The lowest BCUT2D eigenvalue weighted by Crippen LogP contribution is -2.45. The predicted octanol–water partition coefficient (Wildman–Crippen LogP) is 3.22. The number of hydrogen-bond acceptors (Lipinski definition) is 4. The third-order valence-electron chi connectivity index (χ3n) is 4.40. The lowest BCUT2D eigenvalue weighted by Gasteiger charge is -2.31. The second-order valence-corrected chi connectivity index (χ2v) is 6.25. The van der Waals surface area contributed by atoms with E-state index in [2.05, 4.69) is 15.5 Å². The Balaban J connectivity index is 1.50. The molecule has 0 bridgehead atoms. The molecule has 0 saturated carbocycles. The lowest BCUT2D eigenvalue weighted by atomic mass is 9.98. The summed E-state index contributed by atoms with van der Waals surface area (Å²) >= 11 is 0. The molecule has 0 aliphatic carbocycles. The molecule has 1 aliphatic heterocycles. The highest BCUT2D eigenvalue weighted by Gasteiger charge is 2.30. The van der Waals surface area contributed by atoms with Crippen LogP contribution in [0.25, 0.3) is 0 Å². The summed E-state index contributed by atoms with van der Waals surface area (Å²) in [5, 5.41) is 6.59. The number of carbonyl (C=O) groups excluding carboxylic acids is 1. The Morgan fingerprint density at radius 3 is 2.96 bits per heavy atom. The van der Waals surface area contributed by atoms with Gasteiger partial charge in [-0.25, -0.2) is 4.79 Å². The number of benzene rings is 1. The van der Waals surface area contributed by atoms with Crippen molar-refractivity contribution in [3.8, 4) is 0 Å². The average Bonchev–Trinajstić information content (AvgIpc) is 3.16. The van der Waals surface area contributed by atoms with E-state index >= 15 is 0 Å². The number of nitrogens with one attached hydrogen (secondary N) is 1. The maximum atomic E-state index is 12.7. The van der Waals surface area contributed by atoms with Crippen LogP contribution in [-0.4, -0.2) is 40.7 Å². The third-order valence-corrected chi connectivity index (χ3v) is 4.40. The number of carbonyl (C=O) groups is 1. The number of piperidine rings is 1. The first-order chi connectivity index (χ1) is 12.4. The number of nitrogens with zero attached hydrogens (tertiary/aromatic N) is 3. The normalized spacial score (nSPS) is 18.0. The van der Waals surface area contributed by atoms with E-state index in [1.54, 1.807) is 11.0 Å². The van der Waals surface area contributed by atoms with Crippen molar-refractivity contribution >= 4 is 6.03 Å². The fourth-order valence-electron chi connectivity index (χ4n) is 3.06. The van der Waals surface area contributed by atoms with Crippen molar-refractivity contribution in [3.05, 3.63) is 47.6 Å². The van der Waals surface area contributed by atoms with Gasteiger partial charge in [-0.05, 0) is 30.9 Å². The molecular weight excluding hydrogens is 349 g/mol. The van der Waals surface area contributed by atoms with Crippen molar-refractivity contribution in [2.75, 3.05) is 19.6 Å². The van der Waals surface area contributed by atoms with Crippen molar-refractivity contribution in [3.63, 3.8) is 0 Å². The molecule has 1 aromatic heterocycles. The quantitative estimate of drug-likeness (QED) is 0.900. The largest absolute Gasteiger partial charge is 0.416 e. The first-order valence-electron chi connectivity index (χ1n) is 8.38. The second kappa shape index (κ2) is 7.76. The van der Waals surface area contributed by atoms with E-state index in [0.29, 0.717) is 30.9 Å². The molecule has 0 radical (unpaired) electrons. The standard InChI is InChI=1S/C17H19F3N4O2/c18-17(19,20)14-5-1-3-12(9-14)6-7-21-16(25)24-8-2-4-13(10-24)15-22-11-26-23-15/h1,3,5,9,11,13H,2,4,6-8,10H2,(H,21,25). The zero-order chi connectivity index (χ0) is 18.6. The zero-order valence-electron chi connectivity index (χ0n) is 14.0. The van der Waals surface area contributed by atoms with Crippen LogP contribution >= 0.6 is 0 Å². The van der Waals surface area contributed by atoms with Crippen LogP contribution in [0.1, 0.15) is 35.7 Å². The molecule has 1 fully saturated rings. The fraction of sp³-hybridized carbons (Fsp3) is 0.471. The van der Waals surface area contributed by atoms with Gasteiger partial charge in [-0.3, -0.25) is 0 Å².